The summed E-state index contributed by atoms with van der Waals surface area (Å²) in [7, 11) is 0. The molecule has 0 heterocycles. The third-order valence-corrected chi connectivity index (χ3v) is 2.58. The van der Waals surface area contributed by atoms with E-state index >= 15 is 0 Å². The Morgan fingerprint density at radius 1 is 0.667 bits per heavy atom. The number of alkyl halides is 13. The normalized spacial score (nSPS) is 15.6. The highest BCUT2D eigenvalue weighted by Gasteiger charge is 2.96. The van der Waals surface area contributed by atoms with Crippen LogP contribution in [0.3, 0.4) is 0 Å². The van der Waals surface area contributed by atoms with E-state index in [1.165, 1.54) is 0 Å². The van der Waals surface area contributed by atoms with E-state index in [-0.39, 0.29) is 0 Å². The second kappa shape index (κ2) is 6.07. The van der Waals surface area contributed by atoms with Crippen molar-refractivity contribution in [2.24, 2.45) is 0 Å². The number of halogens is 14. The lowest BCUT2D eigenvalue weighted by atomic mass is 9.81. The van der Waals surface area contributed by atoms with E-state index in [2.05, 4.69) is 16.3 Å². The predicted octanol–water partition coefficient (Wildman–Crippen LogP) is 4.46. The van der Waals surface area contributed by atoms with Gasteiger partial charge >= 0.3 is 36.0 Å². The lowest BCUT2D eigenvalue weighted by molar-refractivity contribution is -0.485. The van der Waals surface area contributed by atoms with Crippen LogP contribution in [-0.4, -0.2) is 47.8 Å². The first-order valence-electron chi connectivity index (χ1n) is 4.95. The largest absolute Gasteiger partial charge is 0.435 e. The van der Waals surface area contributed by atoms with Gasteiger partial charge in [0.15, 0.2) is 0 Å². The maximum atomic E-state index is 13.6. The molecule has 0 atom stereocenters. The van der Waals surface area contributed by atoms with Crippen LogP contribution in [0.5, 0.6) is 0 Å². The van der Waals surface area contributed by atoms with Crippen LogP contribution >= 0.6 is 11.6 Å². The highest BCUT2D eigenvalue weighted by atomic mass is 35.5. The van der Waals surface area contributed by atoms with E-state index in [4.69, 9.17) is 0 Å². The fraction of sp³-hybridized carbons (Fsp3) is 0.875. The maximum Gasteiger partial charge on any atom is 0.435 e. The molecule has 0 N–H and O–H groups in total. The Hall–Kier alpha value is -0.990. The molecule has 0 aliphatic carbocycles. The quantitative estimate of drug-likeness (QED) is 0.503. The molecule has 0 unspecified atom stereocenters. The van der Waals surface area contributed by atoms with Gasteiger partial charge in [0.1, 0.15) is 6.61 Å². The molecule has 0 saturated heterocycles. The molecule has 0 saturated carbocycles. The minimum Gasteiger partial charge on any atom is -0.346 e. The summed E-state index contributed by atoms with van der Waals surface area (Å²) in [5, 5.41) is -2.35. The van der Waals surface area contributed by atoms with Gasteiger partial charge in [-0.05, 0) is 11.6 Å². The molecule has 24 heavy (non-hydrogen) atoms. The molecule has 0 rings (SSSR count). The summed E-state index contributed by atoms with van der Waals surface area (Å²) in [4.78, 5) is 10.2. The predicted molar refractivity (Wildman–Crippen MR) is 47.6 cm³/mol. The van der Waals surface area contributed by atoms with Gasteiger partial charge < -0.3 is 4.74 Å². The zero-order valence-electron chi connectivity index (χ0n) is 10.3. The number of hydrogen-bond acceptors (Lipinski definition) is 2. The summed E-state index contributed by atoms with van der Waals surface area (Å²) in [6, 6.07) is 0. The highest BCUT2D eigenvalue weighted by Crippen LogP contribution is 2.63. The van der Waals surface area contributed by atoms with Crippen molar-refractivity contribution in [2.75, 3.05) is 6.61 Å². The second-order valence-corrected chi connectivity index (χ2v) is 4.40. The Morgan fingerprint density at radius 3 is 1.12 bits per heavy atom. The summed E-state index contributed by atoms with van der Waals surface area (Å²) >= 11 is 4.28. The van der Waals surface area contributed by atoms with E-state index < -0.39 is 47.8 Å². The van der Waals surface area contributed by atoms with Crippen LogP contribution < -0.4 is 0 Å². The zero-order valence-corrected chi connectivity index (χ0v) is 11.1. The molecule has 16 heteroatoms. The third-order valence-electron chi connectivity index (χ3n) is 2.47. The van der Waals surface area contributed by atoms with E-state index in [9.17, 15) is 61.9 Å². The van der Waals surface area contributed by atoms with Gasteiger partial charge in [0.2, 0.25) is 5.24 Å². The lowest BCUT2D eigenvalue weighted by Crippen LogP contribution is -2.79. The lowest BCUT2D eigenvalue weighted by Gasteiger charge is -2.46. The van der Waals surface area contributed by atoms with Gasteiger partial charge in [0, 0.05) is 0 Å². The topological polar surface area (TPSA) is 26.3 Å². The van der Waals surface area contributed by atoms with E-state index in [0.717, 1.165) is 0 Å². The minimum atomic E-state index is -7.99. The Labute approximate surface area is 127 Å². The van der Waals surface area contributed by atoms with E-state index in [0.29, 0.717) is 0 Å². The summed E-state index contributed by atoms with van der Waals surface area (Å²) in [5.74, 6) is 0. The molecule has 0 amide bonds. The van der Waals surface area contributed by atoms with Crippen LogP contribution in [0.1, 0.15) is 0 Å². The van der Waals surface area contributed by atoms with Crippen molar-refractivity contribution in [3.63, 3.8) is 0 Å². The molecule has 0 fully saturated rings. The average molecular weight is 413 g/mol. The number of carbonyl (C=O) groups excluding carboxylic acids is 1. The summed E-state index contributed by atoms with van der Waals surface area (Å²) < 4.78 is 166. The van der Waals surface area contributed by atoms with Crippen molar-refractivity contribution in [2.45, 2.75) is 36.0 Å². The molecule has 0 aliphatic rings. The molecule has 0 bridgehead atoms. The monoisotopic (exact) mass is 412 g/mol. The summed E-state index contributed by atoms with van der Waals surface area (Å²) in [5.41, 5.74) is -15.5. The van der Waals surface area contributed by atoms with Gasteiger partial charge in [-0.25, -0.2) is 4.39 Å². The van der Waals surface area contributed by atoms with Crippen LogP contribution in [0.15, 0.2) is 0 Å². The first-order valence-corrected chi connectivity index (χ1v) is 5.32. The molecule has 0 aromatic heterocycles. The van der Waals surface area contributed by atoms with Crippen LogP contribution in [0.4, 0.5) is 57.1 Å². The summed E-state index contributed by atoms with van der Waals surface area (Å²) in [6.07, 6.45) is -30.9. The van der Waals surface area contributed by atoms with E-state index in [1.54, 1.807) is 0 Å². The highest BCUT2D eigenvalue weighted by molar-refractivity contribution is 6.63. The zero-order chi connectivity index (χ0) is 20.0. The Balaban J connectivity index is 7.05. The summed E-state index contributed by atoms with van der Waals surface area (Å²) in [6.45, 7) is -2.75. The molecule has 2 nitrogen and oxygen atoms in total. The van der Waals surface area contributed by atoms with Crippen LogP contribution in [-0.2, 0) is 9.53 Å². The Kier molecular flexibility index (Phi) is 5.82. The molecule has 0 radical (unpaired) electrons. The molecule has 0 aromatic rings. The van der Waals surface area contributed by atoms with Crippen LogP contribution in [0.25, 0.3) is 0 Å². The number of rotatable bonds is 4. The van der Waals surface area contributed by atoms with Crippen LogP contribution in [0, 0.1) is 0 Å². The molecule has 0 spiro atoms. The van der Waals surface area contributed by atoms with E-state index in [1.807, 2.05) is 0 Å². The minimum absolute atomic E-state index is 2.35. The first kappa shape index (κ1) is 23.0. The fourth-order valence-electron chi connectivity index (χ4n) is 1.54. The van der Waals surface area contributed by atoms with Crippen molar-refractivity contribution < 1.29 is 66.6 Å². The number of carbonyl (C=O) groups is 1. The van der Waals surface area contributed by atoms with Crippen molar-refractivity contribution in [1.82, 2.24) is 0 Å². The van der Waals surface area contributed by atoms with Gasteiger partial charge in [-0.1, -0.05) is 0 Å². The van der Waals surface area contributed by atoms with Gasteiger partial charge in [-0.3, -0.25) is 4.79 Å². The van der Waals surface area contributed by atoms with Gasteiger partial charge in [0.25, 0.3) is 0 Å². The van der Waals surface area contributed by atoms with Crippen molar-refractivity contribution in [3.05, 3.63) is 0 Å². The van der Waals surface area contributed by atoms with Gasteiger partial charge in [-0.2, -0.15) is 52.7 Å². The van der Waals surface area contributed by atoms with Crippen molar-refractivity contribution in [1.29, 1.82) is 0 Å². The standard InChI is InChI=1S/C8H2ClF13O2/c9-2(23)1-24-4(7(17,18)19,8(20,21)22)3(10,5(11,12)13)6(14,15)16/h1H2. The second-order valence-electron chi connectivity index (χ2n) is 3.97. The maximum absolute atomic E-state index is 13.6. The fourth-order valence-corrected chi connectivity index (χ4v) is 1.59. The SMILES string of the molecule is O=C(Cl)COC(C(F)(F)F)(C(F)(F)F)C(F)(C(F)(F)F)C(F)(F)F. The molecule has 0 aromatic carbocycles. The van der Waals surface area contributed by atoms with Crippen LogP contribution in [0.2, 0.25) is 0 Å². The molecular weight excluding hydrogens is 411 g/mol. The molecule has 0 aliphatic heterocycles. The van der Waals surface area contributed by atoms with Gasteiger partial charge in [-0.15, -0.1) is 0 Å². The van der Waals surface area contributed by atoms with Crippen molar-refractivity contribution >= 4 is 16.8 Å². The Bertz CT molecular complexity index is 442. The Morgan fingerprint density at radius 2 is 0.958 bits per heavy atom. The number of hydrogen-bond donors (Lipinski definition) is 0. The van der Waals surface area contributed by atoms with Crippen molar-refractivity contribution in [3.8, 4) is 0 Å². The smallest absolute Gasteiger partial charge is 0.346 e. The number of ether oxygens (including phenoxy) is 1. The van der Waals surface area contributed by atoms with Gasteiger partial charge in [0.05, 0.1) is 0 Å². The molecule has 144 valence electrons. The third kappa shape index (κ3) is 3.36. The first-order chi connectivity index (χ1) is 10.2. The average Bonchev–Trinajstić information content (AvgIpc) is 2.21. The molecular formula is C8H2ClF13O2.